The second-order valence-corrected chi connectivity index (χ2v) is 5.71. The number of alkyl carbamates (subject to hydrolysis) is 1. The Labute approximate surface area is 120 Å². The minimum absolute atomic E-state index is 0.178. The van der Waals surface area contributed by atoms with Crippen LogP contribution in [0.25, 0.3) is 0 Å². The van der Waals surface area contributed by atoms with Gasteiger partial charge in [0.05, 0.1) is 6.20 Å². The summed E-state index contributed by atoms with van der Waals surface area (Å²) in [6.07, 6.45) is 2.28. The van der Waals surface area contributed by atoms with Gasteiger partial charge < -0.3 is 19.3 Å². The van der Waals surface area contributed by atoms with E-state index in [-0.39, 0.29) is 12.5 Å². The number of carbonyl (C=O) groups excluding carboxylic acids is 2. The highest BCUT2D eigenvalue weighted by Gasteiger charge is 2.20. The molecule has 6 nitrogen and oxygen atoms in total. The SMILES string of the molecule is CC(C)(C)OC(=O)N[C@@H](CC=O)Cc1cnc(Br)o1. The van der Waals surface area contributed by atoms with Gasteiger partial charge in [-0.05, 0) is 20.8 Å². The van der Waals surface area contributed by atoms with E-state index in [0.717, 1.165) is 6.29 Å². The molecule has 0 saturated heterocycles. The molecule has 0 radical (unpaired) electrons. The summed E-state index contributed by atoms with van der Waals surface area (Å²) in [4.78, 5) is 26.5. The summed E-state index contributed by atoms with van der Waals surface area (Å²) in [5, 5.41) is 2.64. The summed E-state index contributed by atoms with van der Waals surface area (Å²) in [6.45, 7) is 5.32. The average molecular weight is 333 g/mol. The molecule has 0 unspecified atom stereocenters. The van der Waals surface area contributed by atoms with Gasteiger partial charge >= 0.3 is 6.09 Å². The lowest BCUT2D eigenvalue weighted by Gasteiger charge is -2.22. The Bertz CT molecular complexity index is 439. The van der Waals surface area contributed by atoms with Crippen molar-refractivity contribution in [1.82, 2.24) is 10.3 Å². The quantitative estimate of drug-likeness (QED) is 0.837. The maximum atomic E-state index is 11.6. The lowest BCUT2D eigenvalue weighted by Crippen LogP contribution is -2.40. The summed E-state index contributed by atoms with van der Waals surface area (Å²) < 4.78 is 10.4. The van der Waals surface area contributed by atoms with Gasteiger partial charge in [0.15, 0.2) is 0 Å². The first kappa shape index (κ1) is 15.7. The molecule has 0 saturated carbocycles. The minimum Gasteiger partial charge on any atom is -0.444 e. The molecule has 0 fully saturated rings. The van der Waals surface area contributed by atoms with Gasteiger partial charge in [0.2, 0.25) is 0 Å². The number of aromatic nitrogens is 1. The van der Waals surface area contributed by atoms with Crippen molar-refractivity contribution in [2.45, 2.75) is 45.3 Å². The molecular weight excluding hydrogens is 316 g/mol. The van der Waals surface area contributed by atoms with Gasteiger partial charge in [0.25, 0.3) is 4.80 Å². The molecule has 1 N–H and O–H groups in total. The number of hydrogen-bond donors (Lipinski definition) is 1. The number of carbonyl (C=O) groups is 2. The van der Waals surface area contributed by atoms with Crippen molar-refractivity contribution in [3.05, 3.63) is 16.8 Å². The van der Waals surface area contributed by atoms with Crippen molar-refractivity contribution in [2.24, 2.45) is 0 Å². The van der Waals surface area contributed by atoms with E-state index < -0.39 is 11.7 Å². The van der Waals surface area contributed by atoms with E-state index in [1.165, 1.54) is 0 Å². The number of ether oxygens (including phenoxy) is 1. The normalized spacial score (nSPS) is 12.8. The van der Waals surface area contributed by atoms with E-state index in [1.54, 1.807) is 27.0 Å². The molecule has 1 rings (SSSR count). The molecule has 0 spiro atoms. The number of oxazole rings is 1. The second kappa shape index (κ2) is 6.70. The van der Waals surface area contributed by atoms with Crippen LogP contribution in [0, 0.1) is 0 Å². The third-order valence-electron chi connectivity index (χ3n) is 2.07. The van der Waals surface area contributed by atoms with E-state index in [4.69, 9.17) is 9.15 Å². The smallest absolute Gasteiger partial charge is 0.407 e. The van der Waals surface area contributed by atoms with E-state index in [0.29, 0.717) is 17.0 Å². The standard InChI is InChI=1S/C12H17BrN2O4/c1-12(2,3)19-11(17)15-8(4-5-16)6-9-7-14-10(13)18-9/h5,7-8H,4,6H2,1-3H3,(H,15,17)/t8-/m0/s1. The second-order valence-electron chi connectivity index (χ2n) is 5.03. The van der Waals surface area contributed by atoms with Crippen molar-refractivity contribution in [3.8, 4) is 0 Å². The largest absolute Gasteiger partial charge is 0.444 e. The third-order valence-corrected chi connectivity index (χ3v) is 2.44. The average Bonchev–Trinajstić information content (AvgIpc) is 2.61. The first-order valence-electron chi connectivity index (χ1n) is 5.83. The maximum absolute atomic E-state index is 11.6. The van der Waals surface area contributed by atoms with Crippen LogP contribution in [0.3, 0.4) is 0 Å². The number of amides is 1. The third kappa shape index (κ3) is 6.37. The lowest BCUT2D eigenvalue weighted by atomic mass is 10.1. The Kier molecular flexibility index (Phi) is 5.53. The fourth-order valence-corrected chi connectivity index (χ4v) is 1.71. The number of hydrogen-bond acceptors (Lipinski definition) is 5. The highest BCUT2D eigenvalue weighted by atomic mass is 79.9. The Morgan fingerprint density at radius 1 is 1.63 bits per heavy atom. The predicted octanol–water partition coefficient (Wildman–Crippen LogP) is 2.46. The van der Waals surface area contributed by atoms with Crippen molar-refractivity contribution in [3.63, 3.8) is 0 Å². The molecule has 1 heterocycles. The van der Waals surface area contributed by atoms with Crippen molar-refractivity contribution in [2.75, 3.05) is 0 Å². The minimum atomic E-state index is -0.578. The van der Waals surface area contributed by atoms with Crippen LogP contribution in [0.4, 0.5) is 4.79 Å². The Hall–Kier alpha value is -1.37. The first-order valence-corrected chi connectivity index (χ1v) is 6.63. The zero-order valence-electron chi connectivity index (χ0n) is 11.1. The van der Waals surface area contributed by atoms with Gasteiger partial charge in [-0.1, -0.05) is 0 Å². The van der Waals surface area contributed by atoms with Crippen molar-refractivity contribution < 1.29 is 18.7 Å². The Morgan fingerprint density at radius 3 is 2.79 bits per heavy atom. The summed E-state index contributed by atoms with van der Waals surface area (Å²) in [5.74, 6) is 0.579. The van der Waals surface area contributed by atoms with Gasteiger partial charge in [-0.3, -0.25) is 0 Å². The molecule has 1 amide bonds. The fraction of sp³-hybridized carbons (Fsp3) is 0.583. The summed E-state index contributed by atoms with van der Waals surface area (Å²) in [5.41, 5.74) is -0.578. The Morgan fingerprint density at radius 2 is 2.32 bits per heavy atom. The van der Waals surface area contributed by atoms with Crippen molar-refractivity contribution in [1.29, 1.82) is 0 Å². The van der Waals surface area contributed by atoms with E-state index in [2.05, 4.69) is 26.2 Å². The van der Waals surface area contributed by atoms with Gasteiger partial charge in [0.1, 0.15) is 17.6 Å². The van der Waals surface area contributed by atoms with Crippen LogP contribution in [0.1, 0.15) is 33.0 Å². The molecule has 7 heteroatoms. The fourth-order valence-electron chi connectivity index (χ4n) is 1.40. The molecule has 0 aliphatic heterocycles. The molecule has 1 atom stereocenters. The first-order chi connectivity index (χ1) is 8.80. The molecule has 0 aliphatic rings. The van der Waals surface area contributed by atoms with Crippen LogP contribution < -0.4 is 5.32 Å². The highest BCUT2D eigenvalue weighted by molar-refractivity contribution is 9.10. The summed E-state index contributed by atoms with van der Waals surface area (Å²) >= 11 is 3.09. The number of rotatable bonds is 5. The number of nitrogens with one attached hydrogen (secondary N) is 1. The van der Waals surface area contributed by atoms with Gasteiger partial charge in [0, 0.05) is 34.8 Å². The molecular formula is C12H17BrN2O4. The van der Waals surface area contributed by atoms with Crippen LogP contribution in [-0.4, -0.2) is 29.0 Å². The molecule has 1 aromatic heterocycles. The Balaban J connectivity index is 2.57. The number of aldehydes is 1. The van der Waals surface area contributed by atoms with Gasteiger partial charge in [-0.2, -0.15) is 0 Å². The van der Waals surface area contributed by atoms with Gasteiger partial charge in [-0.25, -0.2) is 9.78 Å². The summed E-state index contributed by atoms with van der Waals surface area (Å²) in [7, 11) is 0. The van der Waals surface area contributed by atoms with E-state index >= 15 is 0 Å². The monoisotopic (exact) mass is 332 g/mol. The molecule has 0 bridgehead atoms. The van der Waals surface area contributed by atoms with Crippen LogP contribution >= 0.6 is 15.9 Å². The predicted molar refractivity (Wildman–Crippen MR) is 71.7 cm³/mol. The number of halogens is 1. The van der Waals surface area contributed by atoms with Crippen LogP contribution in [0.15, 0.2) is 15.4 Å². The highest BCUT2D eigenvalue weighted by Crippen LogP contribution is 2.13. The number of nitrogens with zero attached hydrogens (tertiary/aromatic N) is 1. The van der Waals surface area contributed by atoms with E-state index in [9.17, 15) is 9.59 Å². The molecule has 19 heavy (non-hydrogen) atoms. The lowest BCUT2D eigenvalue weighted by molar-refractivity contribution is -0.108. The van der Waals surface area contributed by atoms with Crippen molar-refractivity contribution >= 4 is 28.3 Å². The zero-order valence-corrected chi connectivity index (χ0v) is 12.7. The maximum Gasteiger partial charge on any atom is 0.407 e. The van der Waals surface area contributed by atoms with E-state index in [1.807, 2.05) is 0 Å². The van der Waals surface area contributed by atoms with Gasteiger partial charge in [-0.15, -0.1) is 0 Å². The molecule has 1 aromatic rings. The van der Waals surface area contributed by atoms with Crippen LogP contribution in [0.2, 0.25) is 0 Å². The molecule has 0 aromatic carbocycles. The molecule has 0 aliphatic carbocycles. The van der Waals surface area contributed by atoms with Crippen LogP contribution in [0.5, 0.6) is 0 Å². The summed E-state index contributed by atoms with van der Waals surface area (Å²) in [6, 6.07) is -0.382. The van der Waals surface area contributed by atoms with Crippen LogP contribution in [-0.2, 0) is 16.0 Å². The molecule has 106 valence electrons. The topological polar surface area (TPSA) is 81.4 Å². The zero-order chi connectivity index (χ0) is 14.5.